The van der Waals surface area contributed by atoms with Gasteiger partial charge in [-0.25, -0.2) is 13.6 Å². The number of nitrogens with zero attached hydrogens (tertiary/aromatic N) is 1. The molecule has 14 heteroatoms. The van der Waals surface area contributed by atoms with Gasteiger partial charge in [-0.3, -0.25) is 14.5 Å². The van der Waals surface area contributed by atoms with E-state index in [2.05, 4.69) is 10.6 Å². The van der Waals surface area contributed by atoms with E-state index in [1.165, 1.54) is 18.2 Å². The van der Waals surface area contributed by atoms with Crippen LogP contribution < -0.4 is 15.5 Å². The molecule has 0 bridgehead atoms. The Hall–Kier alpha value is -2.82. The highest BCUT2D eigenvalue weighted by atomic mass is 35.5. The molecule has 2 N–H and O–H groups in total. The van der Waals surface area contributed by atoms with E-state index in [-0.39, 0.29) is 21.3 Å². The van der Waals surface area contributed by atoms with Crippen molar-refractivity contribution in [3.63, 3.8) is 0 Å². The fourth-order valence-electron chi connectivity index (χ4n) is 4.33. The van der Waals surface area contributed by atoms with Crippen molar-refractivity contribution in [2.24, 2.45) is 5.92 Å². The first-order valence-corrected chi connectivity index (χ1v) is 14.5. The number of ether oxygens (including phenoxy) is 1. The number of alkyl halides is 2. The van der Waals surface area contributed by atoms with Gasteiger partial charge in [0, 0.05) is 18.7 Å². The maximum Gasteiger partial charge on any atom is 0.414 e. The Morgan fingerprint density at radius 1 is 0.907 bits per heavy atom. The first kappa shape index (κ1) is 33.1. The van der Waals surface area contributed by atoms with Gasteiger partial charge in [-0.1, -0.05) is 40.9 Å². The molecule has 1 aliphatic rings. The lowest BCUT2D eigenvalue weighted by Crippen LogP contribution is -2.35. The minimum Gasteiger partial charge on any atom is -0.443 e. The van der Waals surface area contributed by atoms with Gasteiger partial charge in [0.25, 0.3) is 5.91 Å². The number of halogens is 7. The molecule has 1 aliphatic carbocycles. The smallest absolute Gasteiger partial charge is 0.414 e. The predicted octanol–water partition coefficient (Wildman–Crippen LogP) is 9.07. The van der Waals surface area contributed by atoms with Gasteiger partial charge in [0.1, 0.15) is 21.4 Å². The standard InChI is InChI=1S/C29H24Cl5F2N3O4/c1-28(2,3)43-27(42)39(4)24-19(35)9-10-20(23(24)36)38-25(40)15-12-14(6-8-16(15)30)37-26(41)22-21(29(22,33)34)13-5-7-17(31)18(32)11-13/h5-12,21-22H,1-4H3,(H,37,41)(H,38,40)/t21-,22+/m0/s1. The summed E-state index contributed by atoms with van der Waals surface area (Å²) in [5, 5.41) is 5.58. The van der Waals surface area contributed by atoms with E-state index >= 15 is 4.39 Å². The van der Waals surface area contributed by atoms with Crippen LogP contribution in [0, 0.1) is 17.6 Å². The quantitative estimate of drug-likeness (QED) is 0.252. The van der Waals surface area contributed by atoms with Crippen LogP contribution >= 0.6 is 58.0 Å². The number of anilines is 3. The van der Waals surface area contributed by atoms with Crippen LogP contribution in [-0.4, -0.2) is 34.9 Å². The van der Waals surface area contributed by atoms with Crippen molar-refractivity contribution in [1.29, 1.82) is 0 Å². The molecule has 4 rings (SSSR count). The third kappa shape index (κ3) is 7.13. The number of nitrogens with one attached hydrogen (secondary N) is 2. The highest BCUT2D eigenvalue weighted by Gasteiger charge is 2.67. The van der Waals surface area contributed by atoms with Crippen LogP contribution in [0.3, 0.4) is 0 Å². The summed E-state index contributed by atoms with van der Waals surface area (Å²) >= 11 is 31.1. The Morgan fingerprint density at radius 2 is 1.56 bits per heavy atom. The average Bonchev–Trinajstić information content (AvgIpc) is 3.49. The van der Waals surface area contributed by atoms with Crippen LogP contribution in [0.1, 0.15) is 42.6 Å². The molecule has 1 fully saturated rings. The fraction of sp³-hybridized carbons (Fsp3) is 0.276. The molecule has 0 spiro atoms. The van der Waals surface area contributed by atoms with E-state index in [0.29, 0.717) is 15.5 Å². The van der Waals surface area contributed by atoms with Crippen LogP contribution in [0.4, 0.5) is 30.6 Å². The highest BCUT2D eigenvalue weighted by molar-refractivity contribution is 6.53. The summed E-state index contributed by atoms with van der Waals surface area (Å²) in [6.45, 7) is 4.80. The number of hydrogen-bond donors (Lipinski definition) is 2. The SMILES string of the molecule is CN(C(=O)OC(C)(C)C)c1c(F)ccc(NC(=O)c2cc(NC(=O)[C@H]3[C@H](c4ccc(Cl)c(Cl)c4)C3(Cl)Cl)ccc2Cl)c1F. The number of rotatable bonds is 6. The normalized spacial score (nSPS) is 17.2. The Morgan fingerprint density at radius 3 is 2.19 bits per heavy atom. The lowest BCUT2D eigenvalue weighted by atomic mass is 10.1. The van der Waals surface area contributed by atoms with Crippen molar-refractivity contribution in [3.05, 3.63) is 86.4 Å². The number of hydrogen-bond acceptors (Lipinski definition) is 4. The van der Waals surface area contributed by atoms with Gasteiger partial charge in [-0.2, -0.15) is 0 Å². The molecule has 7 nitrogen and oxygen atoms in total. The van der Waals surface area contributed by atoms with Gasteiger partial charge < -0.3 is 15.4 Å². The predicted molar refractivity (Wildman–Crippen MR) is 166 cm³/mol. The third-order valence-corrected chi connectivity index (χ3v) is 8.44. The van der Waals surface area contributed by atoms with Crippen LogP contribution in [0.5, 0.6) is 0 Å². The maximum atomic E-state index is 15.4. The Bertz CT molecular complexity index is 1630. The molecule has 0 heterocycles. The molecule has 3 aromatic rings. The molecule has 0 unspecified atom stereocenters. The van der Waals surface area contributed by atoms with Crippen molar-refractivity contribution in [2.45, 2.75) is 36.6 Å². The average molecular weight is 694 g/mol. The van der Waals surface area contributed by atoms with Gasteiger partial charge in [0.2, 0.25) is 5.91 Å². The number of carbonyl (C=O) groups is 3. The van der Waals surface area contributed by atoms with E-state index in [1.807, 2.05) is 0 Å². The van der Waals surface area contributed by atoms with Crippen LogP contribution in [0.2, 0.25) is 15.1 Å². The van der Waals surface area contributed by atoms with E-state index in [0.717, 1.165) is 19.2 Å². The summed E-state index contributed by atoms with van der Waals surface area (Å²) in [7, 11) is 1.13. The molecule has 0 aromatic heterocycles. The van der Waals surface area contributed by atoms with E-state index in [1.54, 1.807) is 39.0 Å². The molecule has 0 aliphatic heterocycles. The zero-order valence-corrected chi connectivity index (χ0v) is 26.8. The molecule has 2 atom stereocenters. The largest absolute Gasteiger partial charge is 0.443 e. The molecule has 0 saturated heterocycles. The number of carbonyl (C=O) groups excluding carboxylic acids is 3. The number of amides is 3. The Balaban J connectivity index is 1.52. The summed E-state index contributed by atoms with van der Waals surface area (Å²) in [6.07, 6.45) is -1.00. The van der Waals surface area contributed by atoms with Crippen LogP contribution in [0.25, 0.3) is 0 Å². The van der Waals surface area contributed by atoms with Crippen LogP contribution in [-0.2, 0) is 9.53 Å². The first-order chi connectivity index (χ1) is 19.9. The van der Waals surface area contributed by atoms with Crippen molar-refractivity contribution < 1.29 is 27.9 Å². The maximum absolute atomic E-state index is 15.4. The topological polar surface area (TPSA) is 87.7 Å². The van der Waals surface area contributed by atoms with Crippen molar-refractivity contribution in [3.8, 4) is 0 Å². The highest BCUT2D eigenvalue weighted by Crippen LogP contribution is 2.65. The Labute approximate surface area is 271 Å². The zero-order chi connectivity index (χ0) is 32.0. The summed E-state index contributed by atoms with van der Waals surface area (Å²) in [4.78, 5) is 39.3. The second-order valence-electron chi connectivity index (χ2n) is 10.7. The monoisotopic (exact) mass is 691 g/mol. The molecule has 0 radical (unpaired) electrons. The van der Waals surface area contributed by atoms with E-state index in [9.17, 15) is 18.8 Å². The summed E-state index contributed by atoms with van der Waals surface area (Å²) in [5.74, 6) is -5.11. The van der Waals surface area contributed by atoms with Crippen molar-refractivity contribution in [2.75, 3.05) is 22.6 Å². The lowest BCUT2D eigenvalue weighted by molar-refractivity contribution is -0.117. The fourth-order valence-corrected chi connectivity index (χ4v) is 5.66. The van der Waals surface area contributed by atoms with E-state index in [4.69, 9.17) is 62.7 Å². The van der Waals surface area contributed by atoms with Gasteiger partial charge >= 0.3 is 6.09 Å². The second-order valence-corrected chi connectivity index (χ2v) is 13.4. The summed E-state index contributed by atoms with van der Waals surface area (Å²) in [6, 6.07) is 10.8. The Kier molecular flexibility index (Phi) is 9.45. The van der Waals surface area contributed by atoms with Gasteiger partial charge in [-0.05, 0) is 68.8 Å². The summed E-state index contributed by atoms with van der Waals surface area (Å²) < 4.78 is 33.7. The van der Waals surface area contributed by atoms with Crippen molar-refractivity contribution in [1.82, 2.24) is 0 Å². The molecule has 3 amide bonds. The molecular weight excluding hydrogens is 670 g/mol. The summed E-state index contributed by atoms with van der Waals surface area (Å²) in [5.41, 5.74) is -1.42. The third-order valence-electron chi connectivity index (χ3n) is 6.44. The van der Waals surface area contributed by atoms with Gasteiger partial charge in [-0.15, -0.1) is 23.2 Å². The molecule has 1 saturated carbocycles. The van der Waals surface area contributed by atoms with Gasteiger partial charge in [0.05, 0.1) is 32.2 Å². The van der Waals surface area contributed by atoms with Crippen LogP contribution in [0.15, 0.2) is 48.5 Å². The lowest BCUT2D eigenvalue weighted by Gasteiger charge is -2.25. The zero-order valence-electron chi connectivity index (χ0n) is 23.0. The second kappa shape index (κ2) is 12.3. The molecular formula is C29H24Cl5F2N3O4. The first-order valence-electron chi connectivity index (χ1n) is 12.6. The molecule has 43 heavy (non-hydrogen) atoms. The minimum absolute atomic E-state index is 0.0201. The molecule has 228 valence electrons. The molecule has 3 aromatic carbocycles. The minimum atomic E-state index is -1.42. The van der Waals surface area contributed by atoms with E-state index < -0.39 is 62.7 Å². The van der Waals surface area contributed by atoms with Crippen molar-refractivity contribution >= 4 is 93.0 Å². The number of benzene rings is 3. The van der Waals surface area contributed by atoms with Gasteiger partial charge in [0.15, 0.2) is 5.82 Å².